The quantitative estimate of drug-likeness (QED) is 0.650. The molecule has 3 rings (SSSR count). The van der Waals surface area contributed by atoms with Crippen molar-refractivity contribution in [3.05, 3.63) is 58.1 Å². The first kappa shape index (κ1) is 18.0. The summed E-state index contributed by atoms with van der Waals surface area (Å²) in [5.74, 6) is -0.459. The van der Waals surface area contributed by atoms with E-state index in [9.17, 15) is 13.2 Å². The molecule has 25 heavy (non-hydrogen) atoms. The average Bonchev–Trinajstić information content (AvgIpc) is 3.38. The first-order chi connectivity index (χ1) is 11.8. The van der Waals surface area contributed by atoms with Crippen molar-refractivity contribution in [3.8, 4) is 0 Å². The zero-order valence-corrected chi connectivity index (χ0v) is 15.3. The largest absolute Gasteiger partial charge is 0.298 e. The highest BCUT2D eigenvalue weighted by Crippen LogP contribution is 2.23. The molecule has 1 amide bonds. The topological polar surface area (TPSA) is 87.3 Å². The summed E-state index contributed by atoms with van der Waals surface area (Å²) in [6.45, 7) is 0. The highest BCUT2D eigenvalue weighted by Gasteiger charge is 2.27. The number of nitrogens with one attached hydrogen (secondary N) is 3. The summed E-state index contributed by atoms with van der Waals surface area (Å²) >= 11 is 11.8. The molecule has 1 aliphatic rings. The average molecular weight is 400 g/mol. The summed E-state index contributed by atoms with van der Waals surface area (Å²) in [5.41, 5.74) is 5.95. The summed E-state index contributed by atoms with van der Waals surface area (Å²) in [5, 5.41) is 0.670. The zero-order valence-electron chi connectivity index (χ0n) is 12.9. The number of carbonyl (C=O) groups is 1. The Hall–Kier alpha value is -1.80. The van der Waals surface area contributed by atoms with E-state index in [1.165, 1.54) is 24.3 Å². The van der Waals surface area contributed by atoms with Crippen molar-refractivity contribution < 1.29 is 13.2 Å². The van der Waals surface area contributed by atoms with Gasteiger partial charge in [-0.3, -0.25) is 15.6 Å². The number of hydrogen-bond donors (Lipinski definition) is 3. The number of anilines is 1. The molecule has 1 saturated carbocycles. The number of amides is 1. The fraction of sp³-hybridized carbons (Fsp3) is 0.188. The van der Waals surface area contributed by atoms with Gasteiger partial charge in [0, 0.05) is 11.1 Å². The van der Waals surface area contributed by atoms with E-state index >= 15 is 0 Å². The minimum absolute atomic E-state index is 0.0459. The van der Waals surface area contributed by atoms with Gasteiger partial charge in [-0.25, -0.2) is 13.1 Å². The van der Waals surface area contributed by atoms with Crippen LogP contribution in [0.25, 0.3) is 0 Å². The number of halogens is 2. The molecule has 0 spiro atoms. The van der Waals surface area contributed by atoms with Crippen LogP contribution in [0.5, 0.6) is 0 Å². The second-order valence-electron chi connectivity index (χ2n) is 5.62. The standard InChI is InChI=1S/C16H15Cl2N3O3S/c17-10-1-8-15(18)14(9-10)16(22)20-19-11-4-6-13(7-5-11)25(23,24)21-12-2-3-12/h1,4-9,12,19,21H,2-3H2,(H,20,22). The molecule has 0 heterocycles. The van der Waals surface area contributed by atoms with Crippen molar-refractivity contribution in [1.82, 2.24) is 10.1 Å². The van der Waals surface area contributed by atoms with Crippen molar-refractivity contribution in [2.45, 2.75) is 23.8 Å². The molecule has 132 valence electrons. The minimum Gasteiger partial charge on any atom is -0.298 e. The van der Waals surface area contributed by atoms with Crippen LogP contribution in [0, 0.1) is 0 Å². The van der Waals surface area contributed by atoms with Gasteiger partial charge in [-0.05, 0) is 55.3 Å². The third-order valence-corrected chi connectivity index (χ3v) is 5.66. The monoisotopic (exact) mass is 399 g/mol. The van der Waals surface area contributed by atoms with E-state index in [2.05, 4.69) is 15.6 Å². The van der Waals surface area contributed by atoms with Crippen molar-refractivity contribution in [1.29, 1.82) is 0 Å². The smallest absolute Gasteiger partial charge is 0.271 e. The number of hydrazine groups is 1. The fourth-order valence-electron chi connectivity index (χ4n) is 2.07. The molecule has 0 radical (unpaired) electrons. The van der Waals surface area contributed by atoms with Gasteiger partial charge in [-0.15, -0.1) is 0 Å². The molecule has 0 saturated heterocycles. The third kappa shape index (κ3) is 4.64. The predicted octanol–water partition coefficient (Wildman–Crippen LogP) is 3.19. The maximum absolute atomic E-state index is 12.1. The normalized spacial score (nSPS) is 14.2. The van der Waals surface area contributed by atoms with Gasteiger partial charge in [0.15, 0.2) is 0 Å². The Balaban J connectivity index is 1.63. The lowest BCUT2D eigenvalue weighted by Gasteiger charge is -2.11. The van der Waals surface area contributed by atoms with Gasteiger partial charge in [0.2, 0.25) is 10.0 Å². The lowest BCUT2D eigenvalue weighted by atomic mass is 10.2. The molecule has 6 nitrogen and oxygen atoms in total. The van der Waals surface area contributed by atoms with Crippen molar-refractivity contribution in [2.75, 3.05) is 5.43 Å². The van der Waals surface area contributed by atoms with Gasteiger partial charge < -0.3 is 0 Å². The zero-order chi connectivity index (χ0) is 18.0. The van der Waals surface area contributed by atoms with Crippen LogP contribution in [-0.4, -0.2) is 20.4 Å². The number of sulfonamides is 1. The lowest BCUT2D eigenvalue weighted by Crippen LogP contribution is -2.29. The molecule has 0 atom stereocenters. The van der Waals surface area contributed by atoms with E-state index in [4.69, 9.17) is 23.2 Å². The fourth-order valence-corrected chi connectivity index (χ4v) is 3.75. The van der Waals surface area contributed by atoms with Crippen molar-refractivity contribution in [3.63, 3.8) is 0 Å². The second kappa shape index (κ2) is 7.21. The van der Waals surface area contributed by atoms with E-state index < -0.39 is 15.9 Å². The highest BCUT2D eigenvalue weighted by molar-refractivity contribution is 7.89. The molecule has 0 aromatic heterocycles. The van der Waals surface area contributed by atoms with Crippen LogP contribution in [0.3, 0.4) is 0 Å². The molecule has 9 heteroatoms. The van der Waals surface area contributed by atoms with Gasteiger partial charge in [0.25, 0.3) is 5.91 Å². The van der Waals surface area contributed by atoms with Crippen LogP contribution in [-0.2, 0) is 10.0 Å². The van der Waals surface area contributed by atoms with Gasteiger partial charge in [0.05, 0.1) is 21.2 Å². The molecular weight excluding hydrogens is 385 g/mol. The maximum atomic E-state index is 12.1. The van der Waals surface area contributed by atoms with Crippen LogP contribution in [0.2, 0.25) is 10.0 Å². The molecule has 3 N–H and O–H groups in total. The van der Waals surface area contributed by atoms with Gasteiger partial charge >= 0.3 is 0 Å². The lowest BCUT2D eigenvalue weighted by molar-refractivity contribution is 0.0963. The number of carbonyl (C=O) groups excluding carboxylic acids is 1. The predicted molar refractivity (Wildman–Crippen MR) is 97.3 cm³/mol. The Kier molecular flexibility index (Phi) is 5.19. The Bertz CT molecular complexity index is 897. The maximum Gasteiger partial charge on any atom is 0.271 e. The van der Waals surface area contributed by atoms with E-state index in [-0.39, 0.29) is 21.5 Å². The molecule has 2 aromatic carbocycles. The SMILES string of the molecule is O=C(NNc1ccc(S(=O)(=O)NC2CC2)cc1)c1cc(Cl)ccc1Cl. The third-order valence-electron chi connectivity index (χ3n) is 3.56. The molecule has 0 bridgehead atoms. The molecule has 2 aromatic rings. The van der Waals surface area contributed by atoms with E-state index in [1.807, 2.05) is 0 Å². The number of hydrogen-bond acceptors (Lipinski definition) is 4. The Morgan fingerprint density at radius 1 is 1.04 bits per heavy atom. The summed E-state index contributed by atoms with van der Waals surface area (Å²) in [6, 6.07) is 10.7. The Morgan fingerprint density at radius 2 is 1.72 bits per heavy atom. The first-order valence-corrected chi connectivity index (χ1v) is 9.73. The van der Waals surface area contributed by atoms with Crippen LogP contribution < -0.4 is 15.6 Å². The van der Waals surface area contributed by atoms with E-state index in [0.717, 1.165) is 12.8 Å². The van der Waals surface area contributed by atoms with Gasteiger partial charge in [-0.1, -0.05) is 23.2 Å². The van der Waals surface area contributed by atoms with Crippen LogP contribution in [0.15, 0.2) is 47.4 Å². The molecule has 0 aliphatic heterocycles. The summed E-state index contributed by atoms with van der Waals surface area (Å²) in [4.78, 5) is 12.3. The van der Waals surface area contributed by atoms with Crippen LogP contribution >= 0.6 is 23.2 Å². The van der Waals surface area contributed by atoms with Crippen molar-refractivity contribution in [2.24, 2.45) is 0 Å². The van der Waals surface area contributed by atoms with Crippen molar-refractivity contribution >= 4 is 44.8 Å². The van der Waals surface area contributed by atoms with Gasteiger partial charge in [0.1, 0.15) is 0 Å². The Labute approximate surface area is 155 Å². The van der Waals surface area contributed by atoms with E-state index in [1.54, 1.807) is 18.2 Å². The molecular formula is C16H15Cl2N3O3S. The number of benzene rings is 2. The van der Waals surface area contributed by atoms with E-state index in [0.29, 0.717) is 10.7 Å². The number of rotatable bonds is 6. The molecule has 0 unspecified atom stereocenters. The van der Waals surface area contributed by atoms with Crippen LogP contribution in [0.4, 0.5) is 5.69 Å². The Morgan fingerprint density at radius 3 is 2.36 bits per heavy atom. The molecule has 1 aliphatic carbocycles. The minimum atomic E-state index is -3.50. The summed E-state index contributed by atoms with van der Waals surface area (Å²) in [7, 11) is -3.50. The van der Waals surface area contributed by atoms with Gasteiger partial charge in [-0.2, -0.15) is 0 Å². The molecule has 1 fully saturated rings. The second-order valence-corrected chi connectivity index (χ2v) is 8.18. The summed E-state index contributed by atoms with van der Waals surface area (Å²) in [6.07, 6.45) is 1.74. The first-order valence-electron chi connectivity index (χ1n) is 7.49. The highest BCUT2D eigenvalue weighted by atomic mass is 35.5. The summed E-state index contributed by atoms with van der Waals surface area (Å²) < 4.78 is 26.8. The van der Waals surface area contributed by atoms with Crippen LogP contribution in [0.1, 0.15) is 23.2 Å².